The van der Waals surface area contributed by atoms with Crippen LogP contribution in [0, 0.1) is 3.57 Å². The lowest BCUT2D eigenvalue weighted by atomic mass is 9.70. The Hall–Kier alpha value is -2.13. The van der Waals surface area contributed by atoms with Gasteiger partial charge < -0.3 is 14.7 Å². The normalized spacial score (nSPS) is 20.5. The first-order valence-electron chi connectivity index (χ1n) is 15.2. The van der Waals surface area contributed by atoms with Crippen molar-refractivity contribution in [3.63, 3.8) is 0 Å². The van der Waals surface area contributed by atoms with Crippen molar-refractivity contribution in [2.24, 2.45) is 0 Å². The number of carbonyl (C=O) groups is 2. The largest absolute Gasteiger partial charge is 0.338 e. The lowest BCUT2D eigenvalue weighted by Gasteiger charge is -2.48. The molecule has 2 aliphatic rings. The van der Waals surface area contributed by atoms with Gasteiger partial charge in [-0.05, 0) is 115 Å². The lowest BCUT2D eigenvalue weighted by molar-refractivity contribution is -0.136. The third kappa shape index (κ3) is 7.08. The molecular weight excluding hydrogens is 692 g/mol. The molecule has 3 aromatic carbocycles. The number of rotatable bonds is 8. The maximum Gasteiger partial charge on any atom is 0.253 e. The second kappa shape index (κ2) is 13.9. The van der Waals surface area contributed by atoms with Crippen molar-refractivity contribution >= 4 is 57.6 Å². The number of piperidine rings is 2. The van der Waals surface area contributed by atoms with Gasteiger partial charge >= 0.3 is 0 Å². The molecule has 2 amide bonds. The third-order valence-corrected chi connectivity index (χ3v) is 11.2. The molecule has 0 radical (unpaired) electrons. The molecule has 2 fully saturated rings. The summed E-state index contributed by atoms with van der Waals surface area (Å²) in [6, 6.07) is 24.3. The molecule has 0 aromatic heterocycles. The summed E-state index contributed by atoms with van der Waals surface area (Å²) in [6.07, 6.45) is 5.72. The SMILES string of the molecule is CC(=O)N(C)C1(c2ccccc2)CCN(CCCC2(c3ccc(Cl)c(Cl)c3)CCCN(C(=O)c3ccc(I)cc3)C2)CC1. The third-order valence-electron chi connectivity index (χ3n) is 9.73. The first kappa shape index (κ1) is 32.3. The van der Waals surface area contributed by atoms with Crippen LogP contribution < -0.4 is 0 Å². The van der Waals surface area contributed by atoms with Gasteiger partial charge in [0.2, 0.25) is 5.91 Å². The second-order valence-electron chi connectivity index (χ2n) is 12.2. The van der Waals surface area contributed by atoms with E-state index in [0.29, 0.717) is 16.6 Å². The molecule has 5 rings (SSSR count). The first-order valence-corrected chi connectivity index (χ1v) is 17.0. The quantitative estimate of drug-likeness (QED) is 0.221. The Morgan fingerprint density at radius 3 is 2.23 bits per heavy atom. The van der Waals surface area contributed by atoms with Crippen LogP contribution in [0.2, 0.25) is 10.0 Å². The Labute approximate surface area is 279 Å². The highest BCUT2D eigenvalue weighted by Gasteiger charge is 2.42. The number of hydrogen-bond acceptors (Lipinski definition) is 3. The number of benzene rings is 3. The van der Waals surface area contributed by atoms with Crippen molar-refractivity contribution in [1.29, 1.82) is 0 Å². The van der Waals surface area contributed by atoms with Crippen LogP contribution in [0.3, 0.4) is 0 Å². The van der Waals surface area contributed by atoms with Crippen molar-refractivity contribution in [2.45, 2.75) is 56.4 Å². The van der Waals surface area contributed by atoms with E-state index in [1.807, 2.05) is 59.3 Å². The van der Waals surface area contributed by atoms with Gasteiger partial charge in [0, 0.05) is 54.7 Å². The Balaban J connectivity index is 1.30. The number of nitrogens with zero attached hydrogens (tertiary/aromatic N) is 3. The molecule has 2 aliphatic heterocycles. The molecule has 1 unspecified atom stereocenters. The van der Waals surface area contributed by atoms with E-state index in [2.05, 4.69) is 57.8 Å². The van der Waals surface area contributed by atoms with Crippen molar-refractivity contribution in [3.8, 4) is 0 Å². The molecule has 8 heteroatoms. The van der Waals surface area contributed by atoms with Gasteiger partial charge in [0.1, 0.15) is 0 Å². The first-order chi connectivity index (χ1) is 20.6. The summed E-state index contributed by atoms with van der Waals surface area (Å²) in [4.78, 5) is 32.6. The van der Waals surface area contributed by atoms with E-state index in [-0.39, 0.29) is 22.8 Å². The highest BCUT2D eigenvalue weighted by atomic mass is 127. The average Bonchev–Trinajstić information content (AvgIpc) is 3.03. The van der Waals surface area contributed by atoms with Crippen molar-refractivity contribution < 1.29 is 9.59 Å². The van der Waals surface area contributed by atoms with Gasteiger partial charge in [-0.2, -0.15) is 0 Å². The molecule has 43 heavy (non-hydrogen) atoms. The van der Waals surface area contributed by atoms with Gasteiger partial charge in [-0.25, -0.2) is 0 Å². The molecule has 1 atom stereocenters. The molecule has 0 bridgehead atoms. The number of halogens is 3. The zero-order chi connectivity index (χ0) is 30.6. The molecule has 0 spiro atoms. The second-order valence-corrected chi connectivity index (χ2v) is 14.2. The maximum absolute atomic E-state index is 13.6. The Bertz CT molecular complexity index is 1430. The van der Waals surface area contributed by atoms with E-state index in [4.69, 9.17) is 23.2 Å². The standard InChI is InChI=1S/C35H40Cl2IN3O2/c1-26(42)39(2)35(28-8-4-3-5-9-28)18-22-40(23-19-35)20-6-16-34(29-12-15-31(36)32(37)24-29)17-7-21-41(25-34)33(43)27-10-13-30(38)14-11-27/h3-5,8-15,24H,6-7,16-23,25H2,1-2H3. The van der Waals surface area contributed by atoms with Crippen LogP contribution in [-0.2, 0) is 15.7 Å². The molecule has 2 heterocycles. The minimum absolute atomic E-state index is 0.0865. The Kier molecular flexibility index (Phi) is 10.4. The topological polar surface area (TPSA) is 43.9 Å². The molecule has 3 aromatic rings. The maximum atomic E-state index is 13.6. The minimum atomic E-state index is -0.273. The molecule has 0 saturated carbocycles. The monoisotopic (exact) mass is 731 g/mol. The van der Waals surface area contributed by atoms with Gasteiger partial charge in [0.25, 0.3) is 5.91 Å². The average molecular weight is 733 g/mol. The smallest absolute Gasteiger partial charge is 0.253 e. The number of carbonyl (C=O) groups excluding carboxylic acids is 2. The summed E-state index contributed by atoms with van der Waals surface area (Å²) in [7, 11) is 1.94. The van der Waals surface area contributed by atoms with E-state index in [1.54, 1.807) is 6.92 Å². The Morgan fingerprint density at radius 1 is 0.884 bits per heavy atom. The van der Waals surface area contributed by atoms with Gasteiger partial charge in [-0.1, -0.05) is 59.6 Å². The van der Waals surface area contributed by atoms with Crippen LogP contribution in [0.1, 0.15) is 66.9 Å². The molecule has 0 aliphatic carbocycles. The number of hydrogen-bond donors (Lipinski definition) is 0. The van der Waals surface area contributed by atoms with Gasteiger partial charge in [0.05, 0.1) is 15.6 Å². The highest BCUT2D eigenvalue weighted by Crippen LogP contribution is 2.42. The van der Waals surface area contributed by atoms with E-state index < -0.39 is 0 Å². The highest BCUT2D eigenvalue weighted by molar-refractivity contribution is 14.1. The summed E-state index contributed by atoms with van der Waals surface area (Å²) in [5, 5.41) is 1.11. The molecule has 228 valence electrons. The summed E-state index contributed by atoms with van der Waals surface area (Å²) in [5.74, 6) is 0.186. The fourth-order valence-corrected chi connectivity index (χ4v) is 7.80. The summed E-state index contributed by atoms with van der Waals surface area (Å²) < 4.78 is 1.12. The van der Waals surface area contributed by atoms with Gasteiger partial charge in [-0.3, -0.25) is 9.59 Å². The zero-order valence-electron chi connectivity index (χ0n) is 25.0. The summed E-state index contributed by atoms with van der Waals surface area (Å²) in [5.41, 5.74) is 2.64. The zero-order valence-corrected chi connectivity index (χ0v) is 28.7. The van der Waals surface area contributed by atoms with Gasteiger partial charge in [-0.15, -0.1) is 0 Å². The lowest BCUT2D eigenvalue weighted by Crippen LogP contribution is -2.53. The summed E-state index contributed by atoms with van der Waals surface area (Å²) in [6.45, 7) is 5.92. The van der Waals surface area contributed by atoms with E-state index in [1.165, 1.54) is 5.56 Å². The predicted molar refractivity (Wildman–Crippen MR) is 184 cm³/mol. The van der Waals surface area contributed by atoms with Crippen LogP contribution >= 0.6 is 45.8 Å². The van der Waals surface area contributed by atoms with Crippen LogP contribution in [0.4, 0.5) is 0 Å². The number of amides is 2. The summed E-state index contributed by atoms with van der Waals surface area (Å²) >= 11 is 15.1. The molecule has 0 N–H and O–H groups in total. The van der Waals surface area contributed by atoms with Crippen LogP contribution in [0.15, 0.2) is 72.8 Å². The molecular formula is C35H40Cl2IN3O2. The minimum Gasteiger partial charge on any atom is -0.338 e. The fourth-order valence-electron chi connectivity index (χ4n) is 7.15. The molecule has 2 saturated heterocycles. The van der Waals surface area contributed by atoms with E-state index in [0.717, 1.165) is 79.4 Å². The van der Waals surface area contributed by atoms with Crippen molar-refractivity contribution in [2.75, 3.05) is 39.8 Å². The fraction of sp³-hybridized carbons (Fsp3) is 0.429. The van der Waals surface area contributed by atoms with Crippen LogP contribution in [-0.4, -0.2) is 66.3 Å². The van der Waals surface area contributed by atoms with E-state index >= 15 is 0 Å². The van der Waals surface area contributed by atoms with Crippen molar-refractivity contribution in [1.82, 2.24) is 14.7 Å². The van der Waals surface area contributed by atoms with Crippen molar-refractivity contribution in [3.05, 3.63) is 103 Å². The van der Waals surface area contributed by atoms with Crippen LogP contribution in [0.25, 0.3) is 0 Å². The van der Waals surface area contributed by atoms with Gasteiger partial charge in [0.15, 0.2) is 0 Å². The van der Waals surface area contributed by atoms with Crippen LogP contribution in [0.5, 0.6) is 0 Å². The Morgan fingerprint density at radius 2 is 1.58 bits per heavy atom. The van der Waals surface area contributed by atoms with E-state index in [9.17, 15) is 9.59 Å². The molecule has 5 nitrogen and oxygen atoms in total. The number of likely N-dealkylation sites (tertiary alicyclic amines) is 2. The predicted octanol–water partition coefficient (Wildman–Crippen LogP) is 8.02.